The molecule has 1 amide bonds. The van der Waals surface area contributed by atoms with Crippen molar-refractivity contribution in [2.75, 3.05) is 19.8 Å². The van der Waals surface area contributed by atoms with Gasteiger partial charge in [-0.25, -0.2) is 0 Å². The van der Waals surface area contributed by atoms with E-state index >= 15 is 0 Å². The minimum atomic E-state index is -0.128. The zero-order chi connectivity index (χ0) is 17.5. The summed E-state index contributed by atoms with van der Waals surface area (Å²) >= 11 is 0. The molecule has 1 aromatic carbocycles. The first-order valence-electron chi connectivity index (χ1n) is 9.02. The van der Waals surface area contributed by atoms with Crippen molar-refractivity contribution in [2.24, 2.45) is 0 Å². The van der Waals surface area contributed by atoms with Gasteiger partial charge in [-0.3, -0.25) is 4.79 Å². The molecule has 0 unspecified atom stereocenters. The first kappa shape index (κ1) is 20.1. The van der Waals surface area contributed by atoms with Crippen LogP contribution in [-0.4, -0.2) is 25.7 Å². The number of carbonyl (C=O) groups excluding carboxylic acids is 1. The van der Waals surface area contributed by atoms with Crippen LogP contribution in [0.1, 0.15) is 51.9 Å². The number of hydrogen-bond acceptors (Lipinski definition) is 3. The molecule has 0 bridgehead atoms. The van der Waals surface area contributed by atoms with Gasteiger partial charge in [-0.2, -0.15) is 0 Å². The van der Waals surface area contributed by atoms with Crippen LogP contribution >= 0.6 is 0 Å². The van der Waals surface area contributed by atoms with E-state index in [0.717, 1.165) is 37.4 Å². The van der Waals surface area contributed by atoms with Crippen LogP contribution in [-0.2, 0) is 4.79 Å². The fourth-order valence-electron chi connectivity index (χ4n) is 2.23. The first-order chi connectivity index (χ1) is 11.8. The second-order valence-corrected chi connectivity index (χ2v) is 5.78. The van der Waals surface area contributed by atoms with Gasteiger partial charge in [-0.15, -0.1) is 0 Å². The third-order valence-corrected chi connectivity index (χ3v) is 3.66. The lowest BCUT2D eigenvalue weighted by Gasteiger charge is -2.09. The highest BCUT2D eigenvalue weighted by Crippen LogP contribution is 2.18. The molecule has 0 heterocycles. The molecule has 0 fully saturated rings. The molecule has 0 aliphatic heterocycles. The Balaban J connectivity index is 2.07. The van der Waals surface area contributed by atoms with E-state index in [-0.39, 0.29) is 5.91 Å². The fraction of sp³-hybridized carbons (Fsp3) is 0.550. The van der Waals surface area contributed by atoms with E-state index in [1.807, 2.05) is 24.3 Å². The van der Waals surface area contributed by atoms with Gasteiger partial charge in [0.25, 0.3) is 0 Å². The molecule has 1 N–H and O–H groups in total. The molecule has 1 aromatic rings. The number of rotatable bonds is 14. The largest absolute Gasteiger partial charge is 0.494 e. The third kappa shape index (κ3) is 9.93. The van der Waals surface area contributed by atoms with E-state index in [0.29, 0.717) is 13.2 Å². The summed E-state index contributed by atoms with van der Waals surface area (Å²) in [5, 5.41) is 2.74. The normalized spacial score (nSPS) is 10.2. The van der Waals surface area contributed by atoms with Crippen molar-refractivity contribution < 1.29 is 14.3 Å². The second kappa shape index (κ2) is 13.5. The van der Waals surface area contributed by atoms with E-state index < -0.39 is 0 Å². The molecule has 0 saturated carbocycles. The van der Waals surface area contributed by atoms with Crippen LogP contribution in [0.25, 0.3) is 0 Å². The molecule has 0 aromatic heterocycles. The SMILES string of the molecule is C=CC(=O)NCCCCOc1ccc(OCCCCCCC)cc1. The lowest BCUT2D eigenvalue weighted by Crippen LogP contribution is -2.22. The minimum Gasteiger partial charge on any atom is -0.494 e. The zero-order valence-electron chi connectivity index (χ0n) is 14.9. The molecule has 4 heteroatoms. The van der Waals surface area contributed by atoms with Crippen LogP contribution in [0.2, 0.25) is 0 Å². The molecule has 0 spiro atoms. The number of carbonyl (C=O) groups is 1. The summed E-state index contributed by atoms with van der Waals surface area (Å²) in [6.07, 6.45) is 9.29. The average molecular weight is 333 g/mol. The summed E-state index contributed by atoms with van der Waals surface area (Å²) in [6.45, 7) is 7.70. The summed E-state index contributed by atoms with van der Waals surface area (Å²) in [6, 6.07) is 7.77. The summed E-state index contributed by atoms with van der Waals surface area (Å²) < 4.78 is 11.4. The highest BCUT2D eigenvalue weighted by molar-refractivity contribution is 5.86. The van der Waals surface area contributed by atoms with E-state index in [1.54, 1.807) is 0 Å². The lowest BCUT2D eigenvalue weighted by molar-refractivity contribution is -0.116. The van der Waals surface area contributed by atoms with Crippen molar-refractivity contribution in [1.82, 2.24) is 5.32 Å². The molecule has 24 heavy (non-hydrogen) atoms. The fourth-order valence-corrected chi connectivity index (χ4v) is 2.23. The topological polar surface area (TPSA) is 47.6 Å². The smallest absolute Gasteiger partial charge is 0.243 e. The van der Waals surface area contributed by atoms with Gasteiger partial charge in [-0.1, -0.05) is 39.2 Å². The van der Waals surface area contributed by atoms with Crippen LogP contribution in [0.5, 0.6) is 11.5 Å². The molecule has 0 aliphatic carbocycles. The van der Waals surface area contributed by atoms with E-state index in [2.05, 4.69) is 18.8 Å². The van der Waals surface area contributed by atoms with Crippen LogP contribution in [0.3, 0.4) is 0 Å². The van der Waals surface area contributed by atoms with Crippen molar-refractivity contribution >= 4 is 5.91 Å². The highest BCUT2D eigenvalue weighted by Gasteiger charge is 1.98. The molecular formula is C20H31NO3. The zero-order valence-corrected chi connectivity index (χ0v) is 14.9. The molecule has 1 rings (SSSR count). The molecule has 0 aliphatic rings. The predicted octanol–water partition coefficient (Wildman–Crippen LogP) is 4.50. The van der Waals surface area contributed by atoms with Gasteiger partial charge in [0.15, 0.2) is 0 Å². The van der Waals surface area contributed by atoms with Gasteiger partial charge in [0.1, 0.15) is 11.5 Å². The standard InChI is InChI=1S/C20H31NO3/c1-3-5-6-7-9-16-23-18-11-13-19(14-12-18)24-17-10-8-15-21-20(22)4-2/h4,11-14H,2-3,5-10,15-17H2,1H3,(H,21,22). The predicted molar refractivity (Wildman–Crippen MR) is 98.6 cm³/mol. The highest BCUT2D eigenvalue weighted by atomic mass is 16.5. The Morgan fingerprint density at radius 3 is 2.04 bits per heavy atom. The van der Waals surface area contributed by atoms with Gasteiger partial charge in [0.05, 0.1) is 13.2 Å². The van der Waals surface area contributed by atoms with E-state index in [4.69, 9.17) is 9.47 Å². The number of amides is 1. The Labute approximate surface area is 146 Å². The molecule has 134 valence electrons. The van der Waals surface area contributed by atoms with E-state index in [9.17, 15) is 4.79 Å². The number of benzene rings is 1. The Morgan fingerprint density at radius 1 is 0.958 bits per heavy atom. The molecular weight excluding hydrogens is 302 g/mol. The Kier molecular flexibility index (Phi) is 11.3. The van der Waals surface area contributed by atoms with Gasteiger partial charge < -0.3 is 14.8 Å². The molecule has 0 saturated heterocycles. The maximum atomic E-state index is 11.0. The van der Waals surface area contributed by atoms with Crippen molar-refractivity contribution in [1.29, 1.82) is 0 Å². The van der Waals surface area contributed by atoms with Crippen molar-refractivity contribution in [3.8, 4) is 11.5 Å². The summed E-state index contributed by atoms with van der Waals surface area (Å²) in [4.78, 5) is 11.0. The third-order valence-electron chi connectivity index (χ3n) is 3.66. The van der Waals surface area contributed by atoms with Crippen molar-refractivity contribution in [3.05, 3.63) is 36.9 Å². The van der Waals surface area contributed by atoms with Gasteiger partial charge in [0.2, 0.25) is 5.91 Å². The summed E-state index contributed by atoms with van der Waals surface area (Å²) in [5.41, 5.74) is 0. The second-order valence-electron chi connectivity index (χ2n) is 5.78. The molecule has 0 radical (unpaired) electrons. The van der Waals surface area contributed by atoms with Crippen molar-refractivity contribution in [2.45, 2.75) is 51.9 Å². The number of nitrogens with one attached hydrogen (secondary N) is 1. The van der Waals surface area contributed by atoms with Crippen LogP contribution in [0, 0.1) is 0 Å². The Hall–Kier alpha value is -1.97. The number of hydrogen-bond donors (Lipinski definition) is 1. The quantitative estimate of drug-likeness (QED) is 0.403. The maximum absolute atomic E-state index is 11.0. The molecule has 4 nitrogen and oxygen atoms in total. The lowest BCUT2D eigenvalue weighted by atomic mass is 10.2. The van der Waals surface area contributed by atoms with Crippen LogP contribution in [0.4, 0.5) is 0 Å². The Bertz CT molecular complexity index is 456. The van der Waals surface area contributed by atoms with E-state index in [1.165, 1.54) is 31.8 Å². The number of unbranched alkanes of at least 4 members (excludes halogenated alkanes) is 5. The molecule has 0 atom stereocenters. The summed E-state index contributed by atoms with van der Waals surface area (Å²) in [5.74, 6) is 1.61. The Morgan fingerprint density at radius 2 is 1.50 bits per heavy atom. The minimum absolute atomic E-state index is 0.128. The van der Waals surface area contributed by atoms with Crippen molar-refractivity contribution in [3.63, 3.8) is 0 Å². The van der Waals surface area contributed by atoms with Gasteiger partial charge >= 0.3 is 0 Å². The summed E-state index contributed by atoms with van der Waals surface area (Å²) in [7, 11) is 0. The monoisotopic (exact) mass is 333 g/mol. The van der Waals surface area contributed by atoms with Gasteiger partial charge in [0, 0.05) is 6.54 Å². The first-order valence-corrected chi connectivity index (χ1v) is 9.02. The van der Waals surface area contributed by atoms with Crippen LogP contribution in [0.15, 0.2) is 36.9 Å². The van der Waals surface area contributed by atoms with Gasteiger partial charge in [-0.05, 0) is 49.6 Å². The average Bonchev–Trinajstić information content (AvgIpc) is 2.61. The number of ether oxygens (including phenoxy) is 2. The van der Waals surface area contributed by atoms with Crippen LogP contribution < -0.4 is 14.8 Å². The maximum Gasteiger partial charge on any atom is 0.243 e.